The van der Waals surface area contributed by atoms with Gasteiger partial charge in [0.15, 0.2) is 0 Å². The molecule has 1 fully saturated rings. The summed E-state index contributed by atoms with van der Waals surface area (Å²) in [6.07, 6.45) is 6.35. The molecule has 1 amide bonds. The number of carbonyl (C=O) groups is 1. The van der Waals surface area contributed by atoms with Crippen molar-refractivity contribution in [2.75, 3.05) is 11.9 Å². The Morgan fingerprint density at radius 2 is 2.05 bits per heavy atom. The molecule has 120 valence electrons. The van der Waals surface area contributed by atoms with E-state index in [9.17, 15) is 14.9 Å². The number of rotatable bonds is 6. The highest BCUT2D eigenvalue weighted by molar-refractivity contribution is 6.00. The van der Waals surface area contributed by atoms with Crippen molar-refractivity contribution in [2.45, 2.75) is 51.5 Å². The summed E-state index contributed by atoms with van der Waals surface area (Å²) in [5.41, 5.74) is 0.949. The lowest BCUT2D eigenvalue weighted by Crippen LogP contribution is -2.36. The summed E-state index contributed by atoms with van der Waals surface area (Å²) in [5.74, 6) is -0.228. The third kappa shape index (κ3) is 4.19. The average molecular weight is 305 g/mol. The summed E-state index contributed by atoms with van der Waals surface area (Å²) < 4.78 is 0. The Balaban J connectivity index is 2.18. The van der Waals surface area contributed by atoms with Crippen molar-refractivity contribution in [1.29, 1.82) is 0 Å². The predicted molar refractivity (Wildman–Crippen MR) is 86.2 cm³/mol. The highest BCUT2D eigenvalue weighted by Crippen LogP contribution is 2.24. The normalized spacial score (nSPS) is 15.3. The second-order valence-corrected chi connectivity index (χ2v) is 5.72. The third-order valence-corrected chi connectivity index (χ3v) is 3.96. The fourth-order valence-corrected chi connectivity index (χ4v) is 2.76. The smallest absolute Gasteiger partial charge is 0.270 e. The Bertz CT molecular complexity index is 539. The second kappa shape index (κ2) is 7.77. The molecule has 1 aromatic rings. The van der Waals surface area contributed by atoms with Crippen LogP contribution in [0.4, 0.5) is 11.4 Å². The number of hydrogen-bond acceptors (Lipinski definition) is 4. The molecule has 6 heteroatoms. The van der Waals surface area contributed by atoms with E-state index in [0.717, 1.165) is 38.6 Å². The van der Waals surface area contributed by atoms with Crippen LogP contribution in [-0.4, -0.2) is 23.4 Å². The van der Waals surface area contributed by atoms with Crippen molar-refractivity contribution in [3.8, 4) is 0 Å². The molecule has 2 N–H and O–H groups in total. The molecule has 1 aliphatic carbocycles. The van der Waals surface area contributed by atoms with Crippen LogP contribution >= 0.6 is 0 Å². The van der Waals surface area contributed by atoms with Crippen molar-refractivity contribution in [3.63, 3.8) is 0 Å². The molecule has 0 saturated heterocycles. The quantitative estimate of drug-likeness (QED) is 0.622. The molecule has 0 unspecified atom stereocenters. The zero-order valence-electron chi connectivity index (χ0n) is 12.9. The zero-order valence-corrected chi connectivity index (χ0v) is 12.9. The van der Waals surface area contributed by atoms with Crippen molar-refractivity contribution in [3.05, 3.63) is 33.9 Å². The van der Waals surface area contributed by atoms with Gasteiger partial charge in [0.2, 0.25) is 0 Å². The topological polar surface area (TPSA) is 84.3 Å². The molecule has 0 aromatic heterocycles. The molecule has 0 spiro atoms. The van der Waals surface area contributed by atoms with Crippen LogP contribution in [0.1, 0.15) is 55.8 Å². The molecule has 22 heavy (non-hydrogen) atoms. The van der Waals surface area contributed by atoms with Gasteiger partial charge in [-0.1, -0.05) is 26.2 Å². The first kappa shape index (κ1) is 16.3. The SMILES string of the molecule is CCCNc1ccc([N+](=O)[O-])cc1C(=O)NC1CCCCC1. The Morgan fingerprint density at radius 3 is 2.68 bits per heavy atom. The van der Waals surface area contributed by atoms with E-state index >= 15 is 0 Å². The maximum atomic E-state index is 12.5. The number of carbonyl (C=O) groups excluding carboxylic acids is 1. The van der Waals surface area contributed by atoms with Gasteiger partial charge in [0.25, 0.3) is 11.6 Å². The standard InChI is InChI=1S/C16H23N3O3/c1-2-10-17-15-9-8-13(19(21)22)11-14(15)16(20)18-12-6-4-3-5-7-12/h8-9,11-12,17H,2-7,10H2,1H3,(H,18,20). The lowest BCUT2D eigenvalue weighted by atomic mass is 9.95. The van der Waals surface area contributed by atoms with E-state index in [4.69, 9.17) is 0 Å². The van der Waals surface area contributed by atoms with Gasteiger partial charge in [0, 0.05) is 30.4 Å². The van der Waals surface area contributed by atoms with E-state index in [0.29, 0.717) is 11.3 Å². The van der Waals surface area contributed by atoms with E-state index < -0.39 is 4.92 Å². The number of nitrogens with one attached hydrogen (secondary N) is 2. The van der Waals surface area contributed by atoms with Crippen LogP contribution in [0.25, 0.3) is 0 Å². The van der Waals surface area contributed by atoms with Crippen molar-refractivity contribution in [2.24, 2.45) is 0 Å². The largest absolute Gasteiger partial charge is 0.384 e. The first-order valence-corrected chi connectivity index (χ1v) is 7.95. The highest BCUT2D eigenvalue weighted by Gasteiger charge is 2.20. The van der Waals surface area contributed by atoms with Gasteiger partial charge in [0.05, 0.1) is 10.5 Å². The first-order valence-electron chi connectivity index (χ1n) is 7.95. The van der Waals surface area contributed by atoms with Crippen LogP contribution in [0, 0.1) is 10.1 Å². The maximum absolute atomic E-state index is 12.5. The Labute approximate surface area is 130 Å². The highest BCUT2D eigenvalue weighted by atomic mass is 16.6. The molecule has 2 rings (SSSR count). The number of nitro groups is 1. The van der Waals surface area contributed by atoms with Crippen LogP contribution in [0.3, 0.4) is 0 Å². The van der Waals surface area contributed by atoms with E-state index in [1.807, 2.05) is 6.92 Å². The molecule has 0 heterocycles. The molecular weight excluding hydrogens is 282 g/mol. The molecule has 0 radical (unpaired) electrons. The van der Waals surface area contributed by atoms with Gasteiger partial charge >= 0.3 is 0 Å². The number of benzene rings is 1. The summed E-state index contributed by atoms with van der Waals surface area (Å²) in [4.78, 5) is 23.0. The Kier molecular flexibility index (Phi) is 5.75. The van der Waals surface area contributed by atoms with Crippen molar-refractivity contribution in [1.82, 2.24) is 5.32 Å². The summed E-state index contributed by atoms with van der Waals surface area (Å²) in [7, 11) is 0. The van der Waals surface area contributed by atoms with Gasteiger partial charge in [-0.3, -0.25) is 14.9 Å². The molecular formula is C16H23N3O3. The molecule has 1 saturated carbocycles. The molecule has 0 aliphatic heterocycles. The minimum Gasteiger partial charge on any atom is -0.384 e. The van der Waals surface area contributed by atoms with Gasteiger partial charge in [-0.05, 0) is 25.3 Å². The molecule has 6 nitrogen and oxygen atoms in total. The van der Waals surface area contributed by atoms with Gasteiger partial charge in [-0.25, -0.2) is 0 Å². The third-order valence-electron chi connectivity index (χ3n) is 3.96. The van der Waals surface area contributed by atoms with Crippen LogP contribution in [0.5, 0.6) is 0 Å². The van der Waals surface area contributed by atoms with E-state index in [1.54, 1.807) is 6.07 Å². The van der Waals surface area contributed by atoms with Gasteiger partial charge < -0.3 is 10.6 Å². The monoisotopic (exact) mass is 305 g/mol. The van der Waals surface area contributed by atoms with Crippen LogP contribution in [-0.2, 0) is 0 Å². The molecule has 0 bridgehead atoms. The Morgan fingerprint density at radius 1 is 1.32 bits per heavy atom. The van der Waals surface area contributed by atoms with E-state index in [1.165, 1.54) is 18.6 Å². The number of amides is 1. The summed E-state index contributed by atoms with van der Waals surface area (Å²) in [6.45, 7) is 2.75. The lowest BCUT2D eigenvalue weighted by Gasteiger charge is -2.23. The fraction of sp³-hybridized carbons (Fsp3) is 0.562. The average Bonchev–Trinajstić information content (AvgIpc) is 2.53. The number of non-ortho nitro benzene ring substituents is 1. The van der Waals surface area contributed by atoms with Crippen LogP contribution in [0.2, 0.25) is 0 Å². The lowest BCUT2D eigenvalue weighted by molar-refractivity contribution is -0.384. The molecule has 1 aromatic carbocycles. The first-order chi connectivity index (χ1) is 10.6. The van der Waals surface area contributed by atoms with Gasteiger partial charge in [-0.15, -0.1) is 0 Å². The summed E-state index contributed by atoms with van der Waals surface area (Å²) >= 11 is 0. The number of nitrogens with zero attached hydrogens (tertiary/aromatic N) is 1. The fourth-order valence-electron chi connectivity index (χ4n) is 2.76. The number of nitro benzene ring substituents is 1. The van der Waals surface area contributed by atoms with E-state index in [-0.39, 0.29) is 17.6 Å². The maximum Gasteiger partial charge on any atom is 0.270 e. The Hall–Kier alpha value is -2.11. The molecule has 0 atom stereocenters. The number of hydrogen-bond donors (Lipinski definition) is 2. The summed E-state index contributed by atoms with van der Waals surface area (Å²) in [6, 6.07) is 4.58. The predicted octanol–water partition coefficient (Wildman–Crippen LogP) is 3.48. The minimum atomic E-state index is -0.471. The minimum absolute atomic E-state index is 0.0594. The van der Waals surface area contributed by atoms with Gasteiger partial charge in [-0.2, -0.15) is 0 Å². The second-order valence-electron chi connectivity index (χ2n) is 5.72. The zero-order chi connectivity index (χ0) is 15.9. The molecule has 1 aliphatic rings. The summed E-state index contributed by atoms with van der Waals surface area (Å²) in [5, 5.41) is 17.1. The van der Waals surface area contributed by atoms with Crippen molar-refractivity contribution >= 4 is 17.3 Å². The van der Waals surface area contributed by atoms with Crippen LogP contribution < -0.4 is 10.6 Å². The van der Waals surface area contributed by atoms with Crippen molar-refractivity contribution < 1.29 is 9.72 Å². The van der Waals surface area contributed by atoms with E-state index in [2.05, 4.69) is 10.6 Å². The van der Waals surface area contributed by atoms with Crippen LogP contribution in [0.15, 0.2) is 18.2 Å². The van der Waals surface area contributed by atoms with Gasteiger partial charge in [0.1, 0.15) is 0 Å². The number of anilines is 1.